The van der Waals surface area contributed by atoms with E-state index in [9.17, 15) is 17.6 Å². The van der Waals surface area contributed by atoms with Crippen molar-refractivity contribution in [1.82, 2.24) is 5.32 Å². The first-order valence-electron chi connectivity index (χ1n) is 6.24. The van der Waals surface area contributed by atoms with Gasteiger partial charge < -0.3 is 5.32 Å². The molecule has 0 aliphatic heterocycles. The van der Waals surface area contributed by atoms with E-state index in [1.165, 1.54) is 0 Å². The molecule has 1 unspecified atom stereocenters. The van der Waals surface area contributed by atoms with Crippen molar-refractivity contribution in [2.75, 3.05) is 0 Å². The summed E-state index contributed by atoms with van der Waals surface area (Å²) in [4.78, 5) is 11.5. The van der Waals surface area contributed by atoms with Gasteiger partial charge in [0.25, 0.3) is 5.91 Å². The predicted molar refractivity (Wildman–Crippen MR) is 74.2 cm³/mol. The second-order valence-electron chi connectivity index (χ2n) is 5.19. The van der Waals surface area contributed by atoms with Gasteiger partial charge in [-0.25, -0.2) is 17.9 Å². The van der Waals surface area contributed by atoms with Gasteiger partial charge in [0.15, 0.2) is 0 Å². The average molecular weight is 302 g/mol. The largest absolute Gasteiger partial charge is 0.349 e. The molecule has 0 aromatic heterocycles. The highest BCUT2D eigenvalue weighted by molar-refractivity contribution is 7.89. The van der Waals surface area contributed by atoms with E-state index >= 15 is 0 Å². The van der Waals surface area contributed by atoms with Crippen molar-refractivity contribution >= 4 is 15.9 Å². The van der Waals surface area contributed by atoms with Gasteiger partial charge in [-0.2, -0.15) is 0 Å². The van der Waals surface area contributed by atoms with Gasteiger partial charge in [0.1, 0.15) is 5.82 Å². The zero-order valence-corrected chi connectivity index (χ0v) is 12.5. The molecule has 0 heterocycles. The molecule has 112 valence electrons. The Morgan fingerprint density at radius 3 is 2.40 bits per heavy atom. The SMILES string of the molecule is CC(C)CC(C)NC(=O)c1ccc(S(N)(=O)=O)cc1F. The zero-order chi connectivity index (χ0) is 15.5. The number of primary sulfonamides is 1. The summed E-state index contributed by atoms with van der Waals surface area (Å²) in [6.07, 6.45) is 0.766. The predicted octanol–water partition coefficient (Wildman–Crippen LogP) is 1.64. The van der Waals surface area contributed by atoms with E-state index in [2.05, 4.69) is 5.32 Å². The maximum absolute atomic E-state index is 13.8. The lowest BCUT2D eigenvalue weighted by Gasteiger charge is -2.16. The first kappa shape index (κ1) is 16.6. The summed E-state index contributed by atoms with van der Waals surface area (Å²) >= 11 is 0. The van der Waals surface area contributed by atoms with Gasteiger partial charge in [-0.05, 0) is 37.5 Å². The number of hydrogen-bond donors (Lipinski definition) is 2. The van der Waals surface area contributed by atoms with Crippen LogP contribution in [0.15, 0.2) is 23.1 Å². The Kier molecular flexibility index (Phi) is 5.24. The molecule has 0 spiro atoms. The number of benzene rings is 1. The third kappa shape index (κ3) is 4.57. The molecule has 0 aliphatic carbocycles. The lowest BCUT2D eigenvalue weighted by molar-refractivity contribution is 0.0932. The van der Waals surface area contributed by atoms with E-state index in [1.807, 2.05) is 20.8 Å². The maximum Gasteiger partial charge on any atom is 0.254 e. The van der Waals surface area contributed by atoms with E-state index in [4.69, 9.17) is 5.14 Å². The van der Waals surface area contributed by atoms with E-state index in [1.54, 1.807) is 0 Å². The van der Waals surface area contributed by atoms with Crippen LogP contribution in [0.2, 0.25) is 0 Å². The van der Waals surface area contributed by atoms with Crippen molar-refractivity contribution in [3.05, 3.63) is 29.6 Å². The second-order valence-corrected chi connectivity index (χ2v) is 6.75. The number of carbonyl (C=O) groups excluding carboxylic acids is 1. The van der Waals surface area contributed by atoms with Crippen molar-refractivity contribution in [3.8, 4) is 0 Å². The number of carbonyl (C=O) groups is 1. The van der Waals surface area contributed by atoms with Crippen molar-refractivity contribution in [2.45, 2.75) is 38.1 Å². The lowest BCUT2D eigenvalue weighted by atomic mass is 10.0. The third-order valence-electron chi connectivity index (χ3n) is 2.72. The molecule has 1 atom stereocenters. The molecule has 1 rings (SSSR count). The van der Waals surface area contributed by atoms with Crippen LogP contribution >= 0.6 is 0 Å². The molecule has 0 aliphatic rings. The van der Waals surface area contributed by atoms with Gasteiger partial charge in [0.05, 0.1) is 10.5 Å². The van der Waals surface area contributed by atoms with Crippen molar-refractivity contribution < 1.29 is 17.6 Å². The summed E-state index contributed by atoms with van der Waals surface area (Å²) in [5.74, 6) is -1.08. The van der Waals surface area contributed by atoms with Crippen LogP contribution < -0.4 is 10.5 Å². The first-order chi connectivity index (χ1) is 9.11. The molecule has 1 aromatic rings. The number of sulfonamides is 1. The summed E-state index contributed by atoms with van der Waals surface area (Å²) in [5.41, 5.74) is -0.201. The van der Waals surface area contributed by atoms with Crippen LogP contribution in [-0.2, 0) is 10.0 Å². The number of nitrogens with two attached hydrogens (primary N) is 1. The van der Waals surface area contributed by atoms with Crippen molar-refractivity contribution in [3.63, 3.8) is 0 Å². The second kappa shape index (κ2) is 6.32. The molecule has 20 heavy (non-hydrogen) atoms. The molecular weight excluding hydrogens is 283 g/mol. The molecule has 5 nitrogen and oxygen atoms in total. The maximum atomic E-state index is 13.8. The molecule has 0 bridgehead atoms. The van der Waals surface area contributed by atoms with Crippen LogP contribution in [0.3, 0.4) is 0 Å². The molecule has 0 radical (unpaired) electrons. The number of halogens is 1. The van der Waals surface area contributed by atoms with Crippen molar-refractivity contribution in [1.29, 1.82) is 0 Å². The Balaban J connectivity index is 2.90. The van der Waals surface area contributed by atoms with Crippen LogP contribution in [0.25, 0.3) is 0 Å². The fraction of sp³-hybridized carbons (Fsp3) is 0.462. The van der Waals surface area contributed by atoms with E-state index in [0.717, 1.165) is 24.6 Å². The lowest BCUT2D eigenvalue weighted by Crippen LogP contribution is -2.34. The summed E-state index contributed by atoms with van der Waals surface area (Å²) in [6.45, 7) is 5.86. The van der Waals surface area contributed by atoms with E-state index in [0.29, 0.717) is 5.92 Å². The minimum atomic E-state index is -3.98. The fourth-order valence-electron chi connectivity index (χ4n) is 1.92. The van der Waals surface area contributed by atoms with E-state index < -0.39 is 21.7 Å². The molecular formula is C13H19FN2O3S. The highest BCUT2D eigenvalue weighted by Crippen LogP contribution is 2.14. The van der Waals surface area contributed by atoms with E-state index in [-0.39, 0.29) is 16.5 Å². The quantitative estimate of drug-likeness (QED) is 0.866. The minimum absolute atomic E-state index is 0.0974. The molecule has 1 amide bonds. The first-order valence-corrected chi connectivity index (χ1v) is 7.79. The van der Waals surface area contributed by atoms with Crippen molar-refractivity contribution in [2.24, 2.45) is 11.1 Å². The monoisotopic (exact) mass is 302 g/mol. The van der Waals surface area contributed by atoms with Gasteiger partial charge in [-0.1, -0.05) is 13.8 Å². The van der Waals surface area contributed by atoms with Crippen LogP contribution in [0, 0.1) is 11.7 Å². The summed E-state index contributed by atoms with van der Waals surface area (Å²) < 4.78 is 35.9. The van der Waals surface area contributed by atoms with Gasteiger partial charge in [-0.15, -0.1) is 0 Å². The summed E-state index contributed by atoms with van der Waals surface area (Å²) in [6, 6.07) is 2.88. The van der Waals surface area contributed by atoms with Gasteiger partial charge in [-0.3, -0.25) is 4.79 Å². The highest BCUT2D eigenvalue weighted by Gasteiger charge is 2.17. The molecule has 0 saturated heterocycles. The average Bonchev–Trinajstić information content (AvgIpc) is 2.25. The summed E-state index contributed by atoms with van der Waals surface area (Å²) in [7, 11) is -3.98. The van der Waals surface area contributed by atoms with Gasteiger partial charge >= 0.3 is 0 Å². The highest BCUT2D eigenvalue weighted by atomic mass is 32.2. The number of amides is 1. The normalized spacial score (nSPS) is 13.3. The molecule has 7 heteroatoms. The third-order valence-corrected chi connectivity index (χ3v) is 3.63. The topological polar surface area (TPSA) is 89.3 Å². The minimum Gasteiger partial charge on any atom is -0.349 e. The zero-order valence-electron chi connectivity index (χ0n) is 11.7. The smallest absolute Gasteiger partial charge is 0.254 e. The molecule has 3 N–H and O–H groups in total. The fourth-order valence-corrected chi connectivity index (χ4v) is 2.45. The number of hydrogen-bond acceptors (Lipinski definition) is 3. The standard InChI is InChI=1S/C13H19FN2O3S/c1-8(2)6-9(3)16-13(17)11-5-4-10(7-12(11)14)20(15,18)19/h4-5,7-9H,6H2,1-3H3,(H,16,17)(H2,15,18,19). The Bertz CT molecular complexity index is 600. The number of rotatable bonds is 5. The van der Waals surface area contributed by atoms with Gasteiger partial charge in [0, 0.05) is 6.04 Å². The molecule has 1 aromatic carbocycles. The Labute approximate surface area is 118 Å². The van der Waals surface area contributed by atoms with Crippen LogP contribution in [0.4, 0.5) is 4.39 Å². The van der Waals surface area contributed by atoms with Crippen LogP contribution in [-0.4, -0.2) is 20.4 Å². The Morgan fingerprint density at radius 1 is 1.35 bits per heavy atom. The Hall–Kier alpha value is -1.47. The van der Waals surface area contributed by atoms with Crippen LogP contribution in [0.5, 0.6) is 0 Å². The number of nitrogens with one attached hydrogen (secondary N) is 1. The summed E-state index contributed by atoms with van der Waals surface area (Å²) in [5, 5.41) is 7.56. The molecule has 0 saturated carbocycles. The molecule has 0 fully saturated rings. The Morgan fingerprint density at radius 2 is 1.95 bits per heavy atom. The van der Waals surface area contributed by atoms with Crippen LogP contribution in [0.1, 0.15) is 37.6 Å². The van der Waals surface area contributed by atoms with Gasteiger partial charge in [0.2, 0.25) is 10.0 Å².